The van der Waals surface area contributed by atoms with Crippen LogP contribution in [0, 0.1) is 5.92 Å². The highest BCUT2D eigenvalue weighted by atomic mass is 35.5. The first-order valence-corrected chi connectivity index (χ1v) is 8.24. The Bertz CT molecular complexity index is 788. The summed E-state index contributed by atoms with van der Waals surface area (Å²) >= 11 is 5.92. The number of amides is 1. The molecule has 1 saturated heterocycles. The Hall–Kier alpha value is -2.34. The van der Waals surface area contributed by atoms with E-state index in [9.17, 15) is 9.59 Å². The third-order valence-corrected chi connectivity index (χ3v) is 4.47. The van der Waals surface area contributed by atoms with E-state index in [0.29, 0.717) is 12.5 Å². The van der Waals surface area contributed by atoms with Gasteiger partial charge in [0, 0.05) is 43.5 Å². The third-order valence-electron chi connectivity index (χ3n) is 4.22. The first kappa shape index (κ1) is 16.5. The predicted molar refractivity (Wildman–Crippen MR) is 93.6 cm³/mol. The molecule has 1 aromatic carbocycles. The quantitative estimate of drug-likeness (QED) is 0.914. The molecule has 6 nitrogen and oxygen atoms in total. The Labute approximate surface area is 145 Å². The van der Waals surface area contributed by atoms with E-state index in [-0.39, 0.29) is 17.2 Å². The van der Waals surface area contributed by atoms with Gasteiger partial charge < -0.3 is 10.2 Å². The van der Waals surface area contributed by atoms with Crippen molar-refractivity contribution in [3.63, 3.8) is 0 Å². The molecular formula is C17H19ClN4O2. The minimum atomic E-state index is -0.254. The largest absolute Gasteiger partial charge is 0.371 e. The van der Waals surface area contributed by atoms with E-state index in [0.717, 1.165) is 34.9 Å². The van der Waals surface area contributed by atoms with Crippen molar-refractivity contribution in [2.24, 2.45) is 13.0 Å². The maximum atomic E-state index is 12.1. The van der Waals surface area contributed by atoms with Crippen LogP contribution in [0.1, 0.15) is 16.9 Å². The van der Waals surface area contributed by atoms with Crippen LogP contribution in [-0.2, 0) is 7.05 Å². The number of rotatable bonds is 4. The lowest BCUT2D eigenvalue weighted by Crippen LogP contribution is -2.33. The number of anilines is 1. The van der Waals surface area contributed by atoms with E-state index in [1.165, 1.54) is 19.2 Å². The minimum Gasteiger partial charge on any atom is -0.371 e. The molecule has 24 heavy (non-hydrogen) atoms. The van der Waals surface area contributed by atoms with Crippen LogP contribution in [0.2, 0.25) is 5.02 Å². The maximum Gasteiger partial charge on any atom is 0.271 e. The highest BCUT2D eigenvalue weighted by Gasteiger charge is 2.23. The second kappa shape index (κ2) is 7.05. The van der Waals surface area contributed by atoms with E-state index in [1.54, 1.807) is 0 Å². The number of nitrogens with zero attached hydrogens (tertiary/aromatic N) is 3. The van der Waals surface area contributed by atoms with Crippen LogP contribution in [0.5, 0.6) is 0 Å². The number of hydrogen-bond donors (Lipinski definition) is 1. The van der Waals surface area contributed by atoms with Crippen molar-refractivity contribution in [2.75, 3.05) is 24.5 Å². The zero-order valence-electron chi connectivity index (χ0n) is 13.4. The molecule has 1 unspecified atom stereocenters. The first-order chi connectivity index (χ1) is 11.5. The van der Waals surface area contributed by atoms with E-state index >= 15 is 0 Å². The second-order valence-electron chi connectivity index (χ2n) is 5.97. The Morgan fingerprint density at radius 3 is 2.75 bits per heavy atom. The fourth-order valence-electron chi connectivity index (χ4n) is 2.84. The number of benzene rings is 1. The van der Waals surface area contributed by atoms with Gasteiger partial charge in [-0.25, -0.2) is 4.68 Å². The van der Waals surface area contributed by atoms with Gasteiger partial charge in [0.2, 0.25) is 0 Å². The Morgan fingerprint density at radius 2 is 2.04 bits per heavy atom. The Morgan fingerprint density at radius 1 is 1.29 bits per heavy atom. The molecule has 1 fully saturated rings. The minimum absolute atomic E-state index is 0.235. The Balaban J connectivity index is 1.54. The van der Waals surface area contributed by atoms with Crippen molar-refractivity contribution < 1.29 is 4.79 Å². The molecule has 1 atom stereocenters. The van der Waals surface area contributed by atoms with Gasteiger partial charge in [-0.05, 0) is 42.7 Å². The van der Waals surface area contributed by atoms with Crippen LogP contribution >= 0.6 is 11.6 Å². The van der Waals surface area contributed by atoms with E-state index < -0.39 is 0 Å². The summed E-state index contributed by atoms with van der Waals surface area (Å²) in [5.74, 6) is 0.132. The van der Waals surface area contributed by atoms with Crippen LogP contribution in [0.25, 0.3) is 0 Å². The fourth-order valence-corrected chi connectivity index (χ4v) is 2.96. The number of aryl methyl sites for hydroxylation is 1. The number of carbonyl (C=O) groups is 1. The molecule has 0 saturated carbocycles. The van der Waals surface area contributed by atoms with Gasteiger partial charge in [0.25, 0.3) is 11.5 Å². The molecule has 126 valence electrons. The summed E-state index contributed by atoms with van der Waals surface area (Å²) in [6.07, 6.45) is 1.02. The summed E-state index contributed by atoms with van der Waals surface area (Å²) in [6, 6.07) is 10.6. The van der Waals surface area contributed by atoms with Gasteiger partial charge in [-0.1, -0.05) is 11.6 Å². The zero-order chi connectivity index (χ0) is 17.1. The number of halogens is 1. The summed E-state index contributed by atoms with van der Waals surface area (Å²) in [4.78, 5) is 25.7. The highest BCUT2D eigenvalue weighted by molar-refractivity contribution is 6.30. The number of nitrogens with one attached hydrogen (secondary N) is 1. The normalized spacial score (nSPS) is 17.1. The second-order valence-corrected chi connectivity index (χ2v) is 6.40. The lowest BCUT2D eigenvalue weighted by atomic mass is 10.1. The molecular weight excluding hydrogens is 328 g/mol. The molecule has 1 N–H and O–H groups in total. The van der Waals surface area contributed by atoms with Gasteiger partial charge in [-0.2, -0.15) is 5.10 Å². The summed E-state index contributed by atoms with van der Waals surface area (Å²) in [5, 5.41) is 7.59. The zero-order valence-corrected chi connectivity index (χ0v) is 14.2. The molecule has 3 rings (SSSR count). The molecule has 1 amide bonds. The summed E-state index contributed by atoms with van der Waals surface area (Å²) in [5.41, 5.74) is 1.17. The van der Waals surface area contributed by atoms with Crippen molar-refractivity contribution in [3.05, 3.63) is 57.5 Å². The first-order valence-electron chi connectivity index (χ1n) is 7.86. The molecule has 0 aliphatic carbocycles. The maximum absolute atomic E-state index is 12.1. The third kappa shape index (κ3) is 3.76. The van der Waals surface area contributed by atoms with E-state index in [1.807, 2.05) is 24.3 Å². The standard InChI is InChI=1S/C17H19ClN4O2/c1-21-16(23)7-6-15(20-21)17(24)19-10-12-8-9-22(11-12)14-4-2-13(18)3-5-14/h2-7,12H,8-11H2,1H3,(H,19,24). The van der Waals surface area contributed by atoms with Crippen molar-refractivity contribution in [2.45, 2.75) is 6.42 Å². The molecule has 2 aromatic rings. The van der Waals surface area contributed by atoms with Crippen molar-refractivity contribution in [3.8, 4) is 0 Å². The summed E-state index contributed by atoms with van der Waals surface area (Å²) < 4.78 is 1.16. The predicted octanol–water partition coefficient (Wildman–Crippen LogP) is 1.69. The van der Waals surface area contributed by atoms with Gasteiger partial charge in [-0.3, -0.25) is 9.59 Å². The Kier molecular flexibility index (Phi) is 4.85. The summed E-state index contributed by atoms with van der Waals surface area (Å²) in [6.45, 7) is 2.44. The molecule has 7 heteroatoms. The molecule has 0 radical (unpaired) electrons. The van der Waals surface area contributed by atoms with Crippen LogP contribution in [-0.4, -0.2) is 35.3 Å². The average molecular weight is 347 g/mol. The van der Waals surface area contributed by atoms with Crippen LogP contribution < -0.4 is 15.8 Å². The van der Waals surface area contributed by atoms with Crippen LogP contribution in [0.4, 0.5) is 5.69 Å². The van der Waals surface area contributed by atoms with Crippen molar-refractivity contribution in [1.82, 2.24) is 15.1 Å². The van der Waals surface area contributed by atoms with Gasteiger partial charge in [-0.15, -0.1) is 0 Å². The van der Waals surface area contributed by atoms with Gasteiger partial charge >= 0.3 is 0 Å². The highest BCUT2D eigenvalue weighted by Crippen LogP contribution is 2.24. The molecule has 0 spiro atoms. The SMILES string of the molecule is Cn1nc(C(=O)NCC2CCN(c3ccc(Cl)cc3)C2)ccc1=O. The number of carbonyl (C=O) groups excluding carboxylic acids is 1. The number of aromatic nitrogens is 2. The molecule has 1 aromatic heterocycles. The fraction of sp³-hybridized carbons (Fsp3) is 0.353. The lowest BCUT2D eigenvalue weighted by Gasteiger charge is -2.19. The van der Waals surface area contributed by atoms with Crippen molar-refractivity contribution >= 4 is 23.2 Å². The molecule has 1 aliphatic heterocycles. The molecule has 2 heterocycles. The van der Waals surface area contributed by atoms with Crippen LogP contribution in [0.15, 0.2) is 41.2 Å². The van der Waals surface area contributed by atoms with Crippen LogP contribution in [0.3, 0.4) is 0 Å². The van der Waals surface area contributed by atoms with Gasteiger partial charge in [0.1, 0.15) is 5.69 Å². The lowest BCUT2D eigenvalue weighted by molar-refractivity contribution is 0.0941. The molecule has 1 aliphatic rings. The summed E-state index contributed by atoms with van der Waals surface area (Å²) in [7, 11) is 1.53. The number of hydrogen-bond acceptors (Lipinski definition) is 4. The smallest absolute Gasteiger partial charge is 0.271 e. The average Bonchev–Trinajstić information content (AvgIpc) is 3.05. The van der Waals surface area contributed by atoms with Gasteiger partial charge in [0.15, 0.2) is 0 Å². The van der Waals surface area contributed by atoms with E-state index in [4.69, 9.17) is 11.6 Å². The van der Waals surface area contributed by atoms with Gasteiger partial charge in [0.05, 0.1) is 0 Å². The van der Waals surface area contributed by atoms with E-state index in [2.05, 4.69) is 15.3 Å². The van der Waals surface area contributed by atoms with Crippen molar-refractivity contribution in [1.29, 1.82) is 0 Å². The monoisotopic (exact) mass is 346 g/mol. The molecule has 0 bridgehead atoms. The topological polar surface area (TPSA) is 67.2 Å².